The van der Waals surface area contributed by atoms with Crippen molar-refractivity contribution < 1.29 is 24.2 Å². The summed E-state index contributed by atoms with van der Waals surface area (Å²) in [6, 6.07) is 12.8. The predicted molar refractivity (Wildman–Crippen MR) is 149 cm³/mol. The van der Waals surface area contributed by atoms with Gasteiger partial charge >= 0.3 is 5.97 Å². The largest absolute Gasteiger partial charge is 0.487 e. The summed E-state index contributed by atoms with van der Waals surface area (Å²) in [6.07, 6.45) is 6.48. The molecule has 0 bridgehead atoms. The maximum atomic E-state index is 13.6. The van der Waals surface area contributed by atoms with E-state index in [0.717, 1.165) is 42.6 Å². The number of ether oxygens (including phenoxy) is 2. The van der Waals surface area contributed by atoms with E-state index in [9.17, 15) is 14.7 Å². The fraction of sp³-hybridized carbons (Fsp3) is 0.484. The number of carboxylic acids is 1. The number of fused-ring (bicyclic) bond motifs is 3. The zero-order chi connectivity index (χ0) is 27.4. The molecule has 2 heterocycles. The normalized spacial score (nSPS) is 24.0. The van der Waals surface area contributed by atoms with Crippen LogP contribution >= 0.6 is 11.6 Å². The second-order valence-electron chi connectivity index (χ2n) is 11.0. The van der Waals surface area contributed by atoms with Gasteiger partial charge in [-0.3, -0.25) is 9.59 Å². The Balaban J connectivity index is 1.59. The highest BCUT2D eigenvalue weighted by molar-refractivity contribution is 6.30. The Kier molecular flexibility index (Phi) is 8.84. The van der Waals surface area contributed by atoms with Crippen molar-refractivity contribution in [1.29, 1.82) is 0 Å². The lowest BCUT2D eigenvalue weighted by atomic mass is 9.72. The summed E-state index contributed by atoms with van der Waals surface area (Å²) in [5, 5.41) is 10.1. The van der Waals surface area contributed by atoms with Crippen LogP contribution < -0.4 is 4.74 Å². The van der Waals surface area contributed by atoms with Crippen LogP contribution in [0.3, 0.4) is 0 Å². The van der Waals surface area contributed by atoms with Crippen LogP contribution in [-0.2, 0) is 16.0 Å². The molecule has 1 amide bonds. The molecule has 0 spiro atoms. The summed E-state index contributed by atoms with van der Waals surface area (Å²) in [6.45, 7) is 8.39. The molecule has 7 heteroatoms. The van der Waals surface area contributed by atoms with Crippen molar-refractivity contribution in [1.82, 2.24) is 4.90 Å². The fourth-order valence-electron chi connectivity index (χ4n) is 5.62. The molecule has 4 atom stereocenters. The van der Waals surface area contributed by atoms with E-state index in [0.29, 0.717) is 17.0 Å². The highest BCUT2D eigenvalue weighted by Crippen LogP contribution is 2.52. The predicted octanol–water partition coefficient (Wildman–Crippen LogP) is 6.86. The number of allylic oxidation sites excluding steroid dienone is 2. The molecule has 1 saturated heterocycles. The van der Waals surface area contributed by atoms with Crippen molar-refractivity contribution >= 4 is 23.5 Å². The summed E-state index contributed by atoms with van der Waals surface area (Å²) in [5.41, 5.74) is 3.22. The first-order chi connectivity index (χ1) is 18.1. The molecular formula is C31H38ClNO5. The van der Waals surface area contributed by atoms with Gasteiger partial charge in [-0.25, -0.2) is 0 Å². The summed E-state index contributed by atoms with van der Waals surface area (Å²) in [7, 11) is 0. The number of nitrogens with zero attached hydrogens (tertiary/aromatic N) is 1. The van der Waals surface area contributed by atoms with Gasteiger partial charge in [0, 0.05) is 28.6 Å². The van der Waals surface area contributed by atoms with E-state index >= 15 is 0 Å². The molecule has 2 aromatic rings. The Morgan fingerprint density at radius 2 is 1.89 bits per heavy atom. The number of aliphatic carboxylic acids is 1. The van der Waals surface area contributed by atoms with Gasteiger partial charge in [0.1, 0.15) is 17.9 Å². The number of halogens is 1. The van der Waals surface area contributed by atoms with Gasteiger partial charge in [0.2, 0.25) is 0 Å². The van der Waals surface area contributed by atoms with Crippen LogP contribution in [-0.4, -0.2) is 46.7 Å². The molecule has 1 fully saturated rings. The second-order valence-corrected chi connectivity index (χ2v) is 11.5. The van der Waals surface area contributed by atoms with Crippen LogP contribution in [0.4, 0.5) is 0 Å². The van der Waals surface area contributed by atoms with Gasteiger partial charge in [-0.1, -0.05) is 35.4 Å². The third kappa shape index (κ3) is 6.59. The monoisotopic (exact) mass is 539 g/mol. The summed E-state index contributed by atoms with van der Waals surface area (Å²) >= 11 is 5.98. The number of carbonyl (C=O) groups excluding carboxylic acids is 1. The van der Waals surface area contributed by atoms with Crippen LogP contribution in [0, 0.1) is 5.92 Å². The second kappa shape index (κ2) is 11.9. The van der Waals surface area contributed by atoms with Gasteiger partial charge in [-0.05, 0) is 95.7 Å². The van der Waals surface area contributed by atoms with Crippen LogP contribution in [0.25, 0.3) is 0 Å². The zero-order valence-corrected chi connectivity index (χ0v) is 23.5. The van der Waals surface area contributed by atoms with E-state index in [2.05, 4.69) is 33.8 Å². The summed E-state index contributed by atoms with van der Waals surface area (Å²) in [4.78, 5) is 26.5. The van der Waals surface area contributed by atoms with Crippen molar-refractivity contribution in [3.63, 3.8) is 0 Å². The van der Waals surface area contributed by atoms with Crippen LogP contribution in [0.2, 0.25) is 5.02 Å². The third-order valence-electron chi connectivity index (χ3n) is 7.71. The van der Waals surface area contributed by atoms with E-state index in [4.69, 9.17) is 21.1 Å². The molecule has 1 N–H and O–H groups in total. The SMILES string of the molecule is CC(C)=CCC[C@@]1(C)Oc2ccc(C(=O)N(CCc3ccc(Cl)cc3)CC(=O)O)cc2[C@@H]2O[C@H](C)CC[C@H]21. The van der Waals surface area contributed by atoms with Crippen molar-refractivity contribution in [3.8, 4) is 5.75 Å². The van der Waals surface area contributed by atoms with Crippen LogP contribution in [0.5, 0.6) is 5.75 Å². The van der Waals surface area contributed by atoms with Gasteiger partial charge in [0.15, 0.2) is 0 Å². The lowest BCUT2D eigenvalue weighted by Crippen LogP contribution is -2.50. The van der Waals surface area contributed by atoms with Crippen molar-refractivity contribution in [2.24, 2.45) is 5.92 Å². The minimum Gasteiger partial charge on any atom is -0.487 e. The summed E-state index contributed by atoms with van der Waals surface area (Å²) < 4.78 is 13.1. The molecular weight excluding hydrogens is 502 g/mol. The van der Waals surface area contributed by atoms with E-state index in [-0.39, 0.29) is 42.7 Å². The number of benzene rings is 2. The molecule has 204 valence electrons. The number of hydrogen-bond acceptors (Lipinski definition) is 4. The van der Waals surface area contributed by atoms with E-state index in [1.807, 2.05) is 24.3 Å². The van der Waals surface area contributed by atoms with E-state index in [1.54, 1.807) is 18.2 Å². The molecule has 0 aromatic heterocycles. The molecule has 0 unspecified atom stereocenters. The topological polar surface area (TPSA) is 76.1 Å². The Hall–Kier alpha value is -2.83. The number of amides is 1. The summed E-state index contributed by atoms with van der Waals surface area (Å²) in [5.74, 6) is -0.460. The number of hydrogen-bond donors (Lipinski definition) is 1. The Morgan fingerprint density at radius 3 is 2.58 bits per heavy atom. The lowest BCUT2D eigenvalue weighted by Gasteiger charge is -2.50. The fourth-order valence-corrected chi connectivity index (χ4v) is 5.74. The third-order valence-corrected chi connectivity index (χ3v) is 7.96. The Bertz CT molecular complexity index is 1190. The lowest BCUT2D eigenvalue weighted by molar-refractivity contribution is -0.152. The molecule has 0 aliphatic carbocycles. The van der Waals surface area contributed by atoms with Gasteiger partial charge in [-0.2, -0.15) is 0 Å². The van der Waals surface area contributed by atoms with E-state index in [1.165, 1.54) is 10.5 Å². The number of carboxylic acid groups (broad SMARTS) is 1. The average molecular weight is 540 g/mol. The standard InChI is InChI=1S/C31H38ClNO5/c1-20(2)6-5-16-31(4)26-13-7-21(3)37-29(26)25-18-23(10-14-27(25)38-31)30(36)33(19-28(34)35)17-15-22-8-11-24(32)12-9-22/h6,8-12,14,18,21,26,29H,5,7,13,15-17,19H2,1-4H3,(H,34,35)/t21-,26-,29+,31-/m1/s1. The molecule has 0 radical (unpaired) electrons. The number of rotatable bonds is 9. The zero-order valence-electron chi connectivity index (χ0n) is 22.7. The Morgan fingerprint density at radius 1 is 1.16 bits per heavy atom. The van der Waals surface area contributed by atoms with Crippen molar-refractivity contribution in [2.45, 2.75) is 77.6 Å². The van der Waals surface area contributed by atoms with E-state index < -0.39 is 5.97 Å². The Labute approximate surface area is 230 Å². The van der Waals surface area contributed by atoms with Gasteiger partial charge < -0.3 is 19.5 Å². The molecule has 2 aliphatic rings. The maximum absolute atomic E-state index is 13.6. The first-order valence-corrected chi connectivity index (χ1v) is 13.8. The highest BCUT2D eigenvalue weighted by Gasteiger charge is 2.49. The quantitative estimate of drug-likeness (QED) is 0.352. The first-order valence-electron chi connectivity index (χ1n) is 13.4. The van der Waals surface area contributed by atoms with Gasteiger partial charge in [0.05, 0.1) is 12.2 Å². The highest BCUT2D eigenvalue weighted by atomic mass is 35.5. The number of carbonyl (C=O) groups is 2. The molecule has 38 heavy (non-hydrogen) atoms. The average Bonchev–Trinajstić information content (AvgIpc) is 2.86. The molecule has 2 aromatic carbocycles. The van der Waals surface area contributed by atoms with Crippen molar-refractivity contribution in [3.05, 3.63) is 75.8 Å². The first kappa shape index (κ1) is 28.2. The van der Waals surface area contributed by atoms with Crippen molar-refractivity contribution in [2.75, 3.05) is 13.1 Å². The van der Waals surface area contributed by atoms with Crippen LogP contribution in [0.1, 0.15) is 81.0 Å². The minimum absolute atomic E-state index is 0.117. The van der Waals surface area contributed by atoms with Gasteiger partial charge in [0.25, 0.3) is 5.91 Å². The smallest absolute Gasteiger partial charge is 0.323 e. The van der Waals surface area contributed by atoms with Gasteiger partial charge in [-0.15, -0.1) is 0 Å². The molecule has 2 aliphatic heterocycles. The van der Waals surface area contributed by atoms with Crippen LogP contribution in [0.15, 0.2) is 54.1 Å². The molecule has 6 nitrogen and oxygen atoms in total. The molecule has 0 saturated carbocycles. The maximum Gasteiger partial charge on any atom is 0.323 e. The minimum atomic E-state index is -1.05. The molecule has 4 rings (SSSR count).